The van der Waals surface area contributed by atoms with Crippen molar-refractivity contribution in [3.05, 3.63) is 96.3 Å². The molecule has 0 aliphatic heterocycles. The summed E-state index contributed by atoms with van der Waals surface area (Å²) in [5.41, 5.74) is 4.67. The van der Waals surface area contributed by atoms with Crippen LogP contribution in [0.3, 0.4) is 0 Å². The zero-order valence-corrected chi connectivity index (χ0v) is 14.4. The van der Waals surface area contributed by atoms with Crippen molar-refractivity contribution < 1.29 is 0 Å². The van der Waals surface area contributed by atoms with E-state index in [0.717, 1.165) is 25.3 Å². The molecule has 0 saturated carbocycles. The lowest BCUT2D eigenvalue weighted by Crippen LogP contribution is -2.12. The molecular weight excluding hydrogens is 324 g/mol. The van der Waals surface area contributed by atoms with Crippen molar-refractivity contribution in [1.82, 2.24) is 29.9 Å². The highest BCUT2D eigenvalue weighted by Gasteiger charge is 2.01. The summed E-state index contributed by atoms with van der Waals surface area (Å²) >= 11 is 0. The molecule has 2 aromatic carbocycles. The van der Waals surface area contributed by atoms with Crippen LogP contribution in [0, 0.1) is 0 Å². The molecular formula is C20H20N6. The highest BCUT2D eigenvalue weighted by atomic mass is 15.3. The standard InChI is InChI=1S/C20H20N6/c1-2-4-18(5-3-1)13-25-14-19(12-23-25)11-21-10-17-6-8-20(9-7-17)26-16-22-15-24-26/h1-9,12,14-16,21H,10-11,13H2. The zero-order chi connectivity index (χ0) is 17.6. The number of hydrogen-bond donors (Lipinski definition) is 1. The molecule has 4 aromatic rings. The molecule has 6 nitrogen and oxygen atoms in total. The summed E-state index contributed by atoms with van der Waals surface area (Å²) in [6.45, 7) is 2.39. The Bertz CT molecular complexity index is 926. The van der Waals surface area contributed by atoms with Crippen molar-refractivity contribution in [3.63, 3.8) is 0 Å². The maximum absolute atomic E-state index is 4.44. The highest BCUT2D eigenvalue weighted by molar-refractivity contribution is 5.33. The topological polar surface area (TPSA) is 60.6 Å². The van der Waals surface area contributed by atoms with Gasteiger partial charge in [0.05, 0.1) is 18.4 Å². The lowest BCUT2D eigenvalue weighted by atomic mass is 10.2. The summed E-state index contributed by atoms with van der Waals surface area (Å²) in [5.74, 6) is 0. The second-order valence-electron chi connectivity index (χ2n) is 6.14. The van der Waals surface area contributed by atoms with Crippen molar-refractivity contribution >= 4 is 0 Å². The Morgan fingerprint density at radius 2 is 1.62 bits per heavy atom. The Kier molecular flexibility index (Phi) is 4.84. The van der Waals surface area contributed by atoms with Crippen LogP contribution in [-0.4, -0.2) is 24.5 Å². The molecule has 0 bridgehead atoms. The third-order valence-electron chi connectivity index (χ3n) is 4.15. The van der Waals surface area contributed by atoms with E-state index >= 15 is 0 Å². The lowest BCUT2D eigenvalue weighted by Gasteiger charge is -2.05. The van der Waals surface area contributed by atoms with Crippen LogP contribution in [-0.2, 0) is 19.6 Å². The molecule has 0 fully saturated rings. The monoisotopic (exact) mass is 344 g/mol. The SMILES string of the molecule is c1ccc(Cn2cc(CNCc3ccc(-n4cncn4)cc3)cn2)cc1. The number of nitrogens with zero attached hydrogens (tertiary/aromatic N) is 5. The van der Waals surface area contributed by atoms with Gasteiger partial charge in [0, 0.05) is 24.8 Å². The summed E-state index contributed by atoms with van der Waals surface area (Å²) in [5, 5.41) is 12.0. The van der Waals surface area contributed by atoms with Crippen LogP contribution >= 0.6 is 0 Å². The molecule has 0 spiro atoms. The van der Waals surface area contributed by atoms with Gasteiger partial charge < -0.3 is 5.32 Å². The summed E-state index contributed by atoms with van der Waals surface area (Å²) in [6, 6.07) is 18.6. The van der Waals surface area contributed by atoms with E-state index in [1.54, 1.807) is 11.0 Å². The molecule has 0 saturated heterocycles. The summed E-state index contributed by atoms with van der Waals surface area (Å²) in [7, 11) is 0. The first-order valence-electron chi connectivity index (χ1n) is 8.57. The van der Waals surface area contributed by atoms with E-state index in [9.17, 15) is 0 Å². The van der Waals surface area contributed by atoms with E-state index in [1.165, 1.54) is 23.0 Å². The minimum Gasteiger partial charge on any atom is -0.309 e. The first-order chi connectivity index (χ1) is 12.9. The largest absolute Gasteiger partial charge is 0.309 e. The van der Waals surface area contributed by atoms with Crippen LogP contribution < -0.4 is 5.32 Å². The molecule has 0 unspecified atom stereocenters. The number of rotatable bonds is 7. The van der Waals surface area contributed by atoms with Gasteiger partial charge in [-0.15, -0.1) is 0 Å². The Hall–Kier alpha value is -3.25. The number of nitrogens with one attached hydrogen (secondary N) is 1. The molecule has 0 aliphatic rings. The van der Waals surface area contributed by atoms with E-state index in [2.05, 4.69) is 63.1 Å². The molecule has 26 heavy (non-hydrogen) atoms. The molecule has 0 atom stereocenters. The summed E-state index contributed by atoms with van der Waals surface area (Å²) in [4.78, 5) is 3.96. The van der Waals surface area contributed by atoms with Gasteiger partial charge in [0.1, 0.15) is 12.7 Å². The van der Waals surface area contributed by atoms with E-state index in [0.29, 0.717) is 0 Å². The third-order valence-corrected chi connectivity index (χ3v) is 4.15. The number of aromatic nitrogens is 5. The normalized spacial score (nSPS) is 10.9. The average molecular weight is 344 g/mol. The average Bonchev–Trinajstić information content (AvgIpc) is 3.36. The van der Waals surface area contributed by atoms with E-state index in [-0.39, 0.29) is 0 Å². The van der Waals surface area contributed by atoms with Gasteiger partial charge in [0.2, 0.25) is 0 Å². The smallest absolute Gasteiger partial charge is 0.138 e. The van der Waals surface area contributed by atoms with Crippen LogP contribution in [0.2, 0.25) is 0 Å². The maximum Gasteiger partial charge on any atom is 0.138 e. The van der Waals surface area contributed by atoms with E-state index in [1.807, 2.05) is 29.1 Å². The first-order valence-corrected chi connectivity index (χ1v) is 8.57. The van der Waals surface area contributed by atoms with Crippen molar-refractivity contribution in [1.29, 1.82) is 0 Å². The summed E-state index contributed by atoms with van der Waals surface area (Å²) in [6.07, 6.45) is 7.24. The van der Waals surface area contributed by atoms with Crippen molar-refractivity contribution in [2.45, 2.75) is 19.6 Å². The Morgan fingerprint density at radius 3 is 2.38 bits per heavy atom. The van der Waals surface area contributed by atoms with E-state index < -0.39 is 0 Å². The van der Waals surface area contributed by atoms with Gasteiger partial charge in [-0.05, 0) is 23.3 Å². The quantitative estimate of drug-likeness (QED) is 0.560. The minimum absolute atomic E-state index is 0.791. The Balaban J connectivity index is 1.28. The molecule has 4 rings (SSSR count). The second kappa shape index (κ2) is 7.76. The molecule has 130 valence electrons. The van der Waals surface area contributed by atoms with Gasteiger partial charge in [-0.25, -0.2) is 9.67 Å². The van der Waals surface area contributed by atoms with Crippen LogP contribution in [0.15, 0.2) is 79.6 Å². The van der Waals surface area contributed by atoms with Crippen LogP contribution in [0.5, 0.6) is 0 Å². The Labute approximate surface area is 152 Å². The van der Waals surface area contributed by atoms with Crippen LogP contribution in [0.1, 0.15) is 16.7 Å². The fraction of sp³-hybridized carbons (Fsp3) is 0.150. The van der Waals surface area contributed by atoms with E-state index in [4.69, 9.17) is 0 Å². The van der Waals surface area contributed by atoms with Gasteiger partial charge in [0.25, 0.3) is 0 Å². The maximum atomic E-state index is 4.44. The number of hydrogen-bond acceptors (Lipinski definition) is 4. The molecule has 0 amide bonds. The number of benzene rings is 2. The van der Waals surface area contributed by atoms with Gasteiger partial charge in [-0.3, -0.25) is 4.68 Å². The molecule has 0 radical (unpaired) electrons. The lowest BCUT2D eigenvalue weighted by molar-refractivity contribution is 0.677. The van der Waals surface area contributed by atoms with Crippen LogP contribution in [0.25, 0.3) is 5.69 Å². The van der Waals surface area contributed by atoms with Gasteiger partial charge >= 0.3 is 0 Å². The first kappa shape index (κ1) is 16.2. The van der Waals surface area contributed by atoms with Crippen molar-refractivity contribution in [2.75, 3.05) is 0 Å². The second-order valence-corrected chi connectivity index (χ2v) is 6.14. The predicted octanol–water partition coefficient (Wildman–Crippen LogP) is 2.80. The third kappa shape index (κ3) is 4.04. The summed E-state index contributed by atoms with van der Waals surface area (Å²) < 4.78 is 3.72. The van der Waals surface area contributed by atoms with Crippen molar-refractivity contribution in [3.8, 4) is 5.69 Å². The van der Waals surface area contributed by atoms with Crippen LogP contribution in [0.4, 0.5) is 0 Å². The van der Waals surface area contributed by atoms with Gasteiger partial charge in [-0.1, -0.05) is 42.5 Å². The zero-order valence-electron chi connectivity index (χ0n) is 14.4. The predicted molar refractivity (Wildman–Crippen MR) is 99.7 cm³/mol. The molecule has 6 heteroatoms. The molecule has 0 aliphatic carbocycles. The fourth-order valence-corrected chi connectivity index (χ4v) is 2.81. The minimum atomic E-state index is 0.791. The molecule has 2 heterocycles. The highest BCUT2D eigenvalue weighted by Crippen LogP contribution is 2.08. The fourth-order valence-electron chi connectivity index (χ4n) is 2.81. The van der Waals surface area contributed by atoms with Gasteiger partial charge in [-0.2, -0.15) is 10.2 Å². The van der Waals surface area contributed by atoms with Crippen molar-refractivity contribution in [2.24, 2.45) is 0 Å². The van der Waals surface area contributed by atoms with Gasteiger partial charge in [0.15, 0.2) is 0 Å². The molecule has 1 N–H and O–H groups in total. The molecule has 2 aromatic heterocycles. The Morgan fingerprint density at radius 1 is 0.808 bits per heavy atom.